The fourth-order valence-electron chi connectivity index (χ4n) is 2.65. The highest BCUT2D eigenvalue weighted by Gasteiger charge is 2.38. The Morgan fingerprint density at radius 3 is 2.57 bits per heavy atom. The zero-order valence-corrected chi connectivity index (χ0v) is 13.5. The largest absolute Gasteiger partial charge is 0.395 e. The van der Waals surface area contributed by atoms with Crippen LogP contribution in [0.2, 0.25) is 0 Å². The van der Waals surface area contributed by atoms with Crippen molar-refractivity contribution in [1.82, 2.24) is 4.31 Å². The maximum atomic E-state index is 12.5. The molecule has 7 heteroatoms. The lowest BCUT2D eigenvalue weighted by Crippen LogP contribution is -2.40. The van der Waals surface area contributed by atoms with Gasteiger partial charge in [-0.15, -0.1) is 0 Å². The van der Waals surface area contributed by atoms with E-state index in [9.17, 15) is 13.5 Å². The van der Waals surface area contributed by atoms with Crippen LogP contribution in [0.4, 0.5) is 0 Å². The number of rotatable bonds is 5. The standard InChI is InChI=1S/C14H20N2O3S2/c1-10-6-7-16(13(10)8-17)21(18,19)9-11-2-4-12(5-3-11)14(15)20/h2-5,10,13,17H,6-9H2,1H3,(H2,15,20). The number of sulfonamides is 1. The number of aliphatic hydroxyl groups excluding tert-OH is 1. The van der Waals surface area contributed by atoms with Crippen molar-refractivity contribution < 1.29 is 13.5 Å². The van der Waals surface area contributed by atoms with Gasteiger partial charge in [0.1, 0.15) is 4.99 Å². The van der Waals surface area contributed by atoms with Crippen LogP contribution in [0.3, 0.4) is 0 Å². The van der Waals surface area contributed by atoms with Gasteiger partial charge in [0, 0.05) is 12.1 Å². The zero-order chi connectivity index (χ0) is 15.6. The molecule has 0 aliphatic carbocycles. The summed E-state index contributed by atoms with van der Waals surface area (Å²) in [4.78, 5) is 0.290. The molecule has 1 heterocycles. The zero-order valence-electron chi connectivity index (χ0n) is 11.9. The highest BCUT2D eigenvalue weighted by Crippen LogP contribution is 2.28. The van der Waals surface area contributed by atoms with Crippen molar-refractivity contribution in [2.24, 2.45) is 11.7 Å². The Bertz CT molecular complexity index is 614. The van der Waals surface area contributed by atoms with Crippen molar-refractivity contribution in [2.75, 3.05) is 13.2 Å². The maximum Gasteiger partial charge on any atom is 0.218 e. The Balaban J connectivity index is 2.15. The van der Waals surface area contributed by atoms with Crippen LogP contribution in [-0.2, 0) is 15.8 Å². The smallest absolute Gasteiger partial charge is 0.218 e. The summed E-state index contributed by atoms with van der Waals surface area (Å²) in [6.07, 6.45) is 0.783. The van der Waals surface area contributed by atoms with E-state index in [4.69, 9.17) is 18.0 Å². The Morgan fingerprint density at radius 2 is 2.05 bits per heavy atom. The topological polar surface area (TPSA) is 83.6 Å². The number of hydrogen-bond donors (Lipinski definition) is 2. The molecule has 0 radical (unpaired) electrons. The van der Waals surface area contributed by atoms with E-state index in [-0.39, 0.29) is 29.3 Å². The Hall–Kier alpha value is -1.02. The third kappa shape index (κ3) is 3.60. The summed E-state index contributed by atoms with van der Waals surface area (Å²) >= 11 is 4.87. The summed E-state index contributed by atoms with van der Waals surface area (Å²) in [6, 6.07) is 6.58. The fraction of sp³-hybridized carbons (Fsp3) is 0.500. The molecule has 0 saturated carbocycles. The molecule has 2 rings (SSSR count). The lowest BCUT2D eigenvalue weighted by atomic mass is 10.0. The number of aliphatic hydroxyl groups is 1. The third-order valence-corrected chi connectivity index (χ3v) is 6.07. The molecule has 1 aromatic carbocycles. The van der Waals surface area contributed by atoms with Crippen molar-refractivity contribution in [3.63, 3.8) is 0 Å². The fourth-order valence-corrected chi connectivity index (χ4v) is 4.63. The summed E-state index contributed by atoms with van der Waals surface area (Å²) in [5.74, 6) is 0.107. The first-order valence-corrected chi connectivity index (χ1v) is 8.86. The van der Waals surface area contributed by atoms with E-state index in [2.05, 4.69) is 0 Å². The first-order valence-electron chi connectivity index (χ1n) is 6.84. The summed E-state index contributed by atoms with van der Waals surface area (Å²) in [5, 5.41) is 9.40. The SMILES string of the molecule is CC1CCN(S(=O)(=O)Cc2ccc(C(N)=S)cc2)C1CO. The molecule has 2 atom stereocenters. The summed E-state index contributed by atoms with van der Waals surface area (Å²) in [6.45, 7) is 2.30. The average molecular weight is 328 g/mol. The number of nitrogens with zero attached hydrogens (tertiary/aromatic N) is 1. The van der Waals surface area contributed by atoms with Crippen LogP contribution in [0.25, 0.3) is 0 Å². The number of nitrogens with two attached hydrogens (primary N) is 1. The molecule has 3 N–H and O–H groups in total. The maximum absolute atomic E-state index is 12.5. The van der Waals surface area contributed by atoms with Crippen molar-refractivity contribution in [1.29, 1.82) is 0 Å². The highest BCUT2D eigenvalue weighted by molar-refractivity contribution is 7.88. The molecule has 0 aromatic heterocycles. The van der Waals surface area contributed by atoms with Crippen molar-refractivity contribution in [3.8, 4) is 0 Å². The molecule has 116 valence electrons. The Morgan fingerprint density at radius 1 is 1.43 bits per heavy atom. The predicted octanol–water partition coefficient (Wildman–Crippen LogP) is 0.853. The van der Waals surface area contributed by atoms with E-state index >= 15 is 0 Å². The Kier molecular flexibility index (Phi) is 4.98. The van der Waals surface area contributed by atoms with Gasteiger partial charge in [0.2, 0.25) is 10.0 Å². The number of thiocarbonyl (C=S) groups is 1. The normalized spacial score (nSPS) is 23.3. The molecule has 1 saturated heterocycles. The first kappa shape index (κ1) is 16.4. The average Bonchev–Trinajstić information content (AvgIpc) is 2.80. The molecular formula is C14H20N2O3S2. The molecule has 1 aromatic rings. The molecule has 2 unspecified atom stereocenters. The Labute approximate surface area is 130 Å². The molecule has 1 fully saturated rings. The monoisotopic (exact) mass is 328 g/mol. The lowest BCUT2D eigenvalue weighted by Gasteiger charge is -2.24. The van der Waals surface area contributed by atoms with Crippen LogP contribution in [0.5, 0.6) is 0 Å². The van der Waals surface area contributed by atoms with E-state index < -0.39 is 10.0 Å². The molecule has 0 spiro atoms. The summed E-state index contributed by atoms with van der Waals surface area (Å²) in [5.41, 5.74) is 6.92. The highest BCUT2D eigenvalue weighted by atomic mass is 32.2. The van der Waals surface area contributed by atoms with Crippen molar-refractivity contribution in [3.05, 3.63) is 35.4 Å². The van der Waals surface area contributed by atoms with Crippen molar-refractivity contribution in [2.45, 2.75) is 25.1 Å². The molecule has 1 aliphatic rings. The van der Waals surface area contributed by atoms with Gasteiger partial charge in [-0.05, 0) is 17.9 Å². The second-order valence-corrected chi connectivity index (χ2v) is 7.81. The van der Waals surface area contributed by atoms with Gasteiger partial charge < -0.3 is 10.8 Å². The first-order chi connectivity index (χ1) is 9.85. The number of benzene rings is 1. The minimum atomic E-state index is -3.43. The molecular weight excluding hydrogens is 308 g/mol. The van der Waals surface area contributed by atoms with Crippen LogP contribution < -0.4 is 5.73 Å². The van der Waals surface area contributed by atoms with E-state index in [0.29, 0.717) is 17.7 Å². The van der Waals surface area contributed by atoms with Crippen LogP contribution in [-0.4, -0.2) is 42.0 Å². The van der Waals surface area contributed by atoms with Crippen LogP contribution in [0, 0.1) is 5.92 Å². The van der Waals surface area contributed by atoms with E-state index in [1.165, 1.54) is 4.31 Å². The summed E-state index contributed by atoms with van der Waals surface area (Å²) in [7, 11) is -3.43. The van der Waals surface area contributed by atoms with Crippen LogP contribution in [0.15, 0.2) is 24.3 Å². The quantitative estimate of drug-likeness (QED) is 0.783. The lowest BCUT2D eigenvalue weighted by molar-refractivity contribution is 0.191. The van der Waals surface area contributed by atoms with Gasteiger partial charge in [-0.2, -0.15) is 4.31 Å². The molecule has 5 nitrogen and oxygen atoms in total. The number of hydrogen-bond acceptors (Lipinski definition) is 4. The van der Waals surface area contributed by atoms with Gasteiger partial charge in [0.25, 0.3) is 0 Å². The van der Waals surface area contributed by atoms with Crippen LogP contribution in [0.1, 0.15) is 24.5 Å². The second-order valence-electron chi connectivity index (χ2n) is 5.44. The second kappa shape index (κ2) is 6.39. The third-order valence-electron chi connectivity index (χ3n) is 3.96. The van der Waals surface area contributed by atoms with E-state index in [1.807, 2.05) is 6.92 Å². The van der Waals surface area contributed by atoms with E-state index in [1.54, 1.807) is 24.3 Å². The predicted molar refractivity (Wildman–Crippen MR) is 86.3 cm³/mol. The van der Waals surface area contributed by atoms with Gasteiger partial charge in [0.05, 0.1) is 18.4 Å². The summed E-state index contributed by atoms with van der Waals surface area (Å²) < 4.78 is 26.4. The van der Waals surface area contributed by atoms with Crippen LogP contribution >= 0.6 is 12.2 Å². The van der Waals surface area contributed by atoms with Gasteiger partial charge >= 0.3 is 0 Å². The van der Waals surface area contributed by atoms with Crippen molar-refractivity contribution >= 4 is 27.2 Å². The van der Waals surface area contributed by atoms with E-state index in [0.717, 1.165) is 6.42 Å². The molecule has 1 aliphatic heterocycles. The minimum Gasteiger partial charge on any atom is -0.395 e. The molecule has 0 amide bonds. The van der Waals surface area contributed by atoms with Gasteiger partial charge in [-0.3, -0.25) is 0 Å². The van der Waals surface area contributed by atoms with Gasteiger partial charge in [0.15, 0.2) is 0 Å². The molecule has 21 heavy (non-hydrogen) atoms. The molecule has 0 bridgehead atoms. The minimum absolute atomic E-state index is 0.0756. The van der Waals surface area contributed by atoms with Gasteiger partial charge in [-0.25, -0.2) is 8.42 Å². The van der Waals surface area contributed by atoms with Gasteiger partial charge in [-0.1, -0.05) is 43.4 Å².